The van der Waals surface area contributed by atoms with Crippen molar-refractivity contribution in [2.45, 2.75) is 44.2 Å². The maximum atomic E-state index is 12.5. The second kappa shape index (κ2) is 6.43. The number of nitrogens with zero attached hydrogens (tertiary/aromatic N) is 1. The molecule has 1 spiro atoms. The highest BCUT2D eigenvalue weighted by Crippen LogP contribution is 2.34. The number of hydrogen-bond acceptors (Lipinski definition) is 3. The summed E-state index contributed by atoms with van der Waals surface area (Å²) in [6.07, 6.45) is 3.12. The summed E-state index contributed by atoms with van der Waals surface area (Å²) < 4.78 is 0. The molecule has 4 amide bonds. The Labute approximate surface area is 145 Å². The number of rotatable bonds is 4. The topological polar surface area (TPSA) is 78.5 Å². The average molecular weight is 350 g/mol. The van der Waals surface area contributed by atoms with Crippen molar-refractivity contribution in [2.24, 2.45) is 0 Å². The lowest BCUT2D eigenvalue weighted by Crippen LogP contribution is -2.45. The fourth-order valence-electron chi connectivity index (χ4n) is 3.43. The van der Waals surface area contributed by atoms with Crippen molar-refractivity contribution >= 4 is 29.4 Å². The van der Waals surface area contributed by atoms with Gasteiger partial charge in [-0.1, -0.05) is 36.6 Å². The lowest BCUT2D eigenvalue weighted by molar-refractivity contribution is -0.135. The van der Waals surface area contributed by atoms with Crippen LogP contribution in [0.3, 0.4) is 0 Å². The number of benzene rings is 1. The summed E-state index contributed by atoms with van der Waals surface area (Å²) >= 11 is 5.95. The highest BCUT2D eigenvalue weighted by Gasteiger charge is 2.52. The summed E-state index contributed by atoms with van der Waals surface area (Å²) in [4.78, 5) is 37.9. The molecule has 3 rings (SSSR count). The fraction of sp³-hybridized carbons (Fsp3) is 0.471. The van der Waals surface area contributed by atoms with Crippen LogP contribution in [0.25, 0.3) is 0 Å². The molecule has 0 unspecified atom stereocenters. The lowest BCUT2D eigenvalue weighted by atomic mass is 9.98. The van der Waals surface area contributed by atoms with Crippen LogP contribution >= 0.6 is 11.6 Å². The van der Waals surface area contributed by atoms with Crippen molar-refractivity contribution in [1.82, 2.24) is 15.5 Å². The van der Waals surface area contributed by atoms with Crippen LogP contribution in [0.4, 0.5) is 4.79 Å². The van der Waals surface area contributed by atoms with Crippen LogP contribution in [0.15, 0.2) is 24.3 Å². The quantitative estimate of drug-likeness (QED) is 0.819. The molecule has 2 aliphatic rings. The Morgan fingerprint density at radius 1 is 1.38 bits per heavy atom. The summed E-state index contributed by atoms with van der Waals surface area (Å²) in [6.45, 7) is 1.56. The molecular formula is C17H20ClN3O3. The van der Waals surface area contributed by atoms with E-state index < -0.39 is 11.6 Å². The highest BCUT2D eigenvalue weighted by molar-refractivity contribution is 6.30. The number of carbonyl (C=O) groups is 3. The fourth-order valence-corrected chi connectivity index (χ4v) is 3.63. The normalized spacial score (nSPS) is 20.3. The number of halogens is 1. The van der Waals surface area contributed by atoms with Crippen LogP contribution in [-0.2, 0) is 9.59 Å². The second-order valence-electron chi connectivity index (χ2n) is 6.45. The first kappa shape index (κ1) is 16.8. The number of amides is 4. The van der Waals surface area contributed by atoms with Gasteiger partial charge in [0.15, 0.2) is 0 Å². The van der Waals surface area contributed by atoms with Gasteiger partial charge in [0.1, 0.15) is 12.1 Å². The highest BCUT2D eigenvalue weighted by atomic mass is 35.5. The van der Waals surface area contributed by atoms with Crippen molar-refractivity contribution in [2.75, 3.05) is 6.54 Å². The van der Waals surface area contributed by atoms with Gasteiger partial charge in [0, 0.05) is 5.02 Å². The van der Waals surface area contributed by atoms with Gasteiger partial charge in [0.05, 0.1) is 6.04 Å². The van der Waals surface area contributed by atoms with E-state index in [1.165, 1.54) is 0 Å². The molecule has 2 N–H and O–H groups in total. The van der Waals surface area contributed by atoms with E-state index in [-0.39, 0.29) is 24.4 Å². The standard InChI is InChI=1S/C17H20ClN3O3/c1-11(12-5-4-6-13(18)9-12)19-14(22)10-21-15(23)17(20-16(21)24)7-2-3-8-17/h4-6,9,11H,2-3,7-8,10H2,1H3,(H,19,22)(H,20,24)/t11-/m1/s1. The van der Waals surface area contributed by atoms with E-state index in [1.54, 1.807) is 12.1 Å². The first-order chi connectivity index (χ1) is 11.4. The number of hydrogen-bond donors (Lipinski definition) is 2. The number of nitrogens with one attached hydrogen (secondary N) is 2. The van der Waals surface area contributed by atoms with Crippen molar-refractivity contribution < 1.29 is 14.4 Å². The van der Waals surface area contributed by atoms with E-state index in [4.69, 9.17) is 11.6 Å². The minimum atomic E-state index is -0.782. The maximum absolute atomic E-state index is 12.5. The smallest absolute Gasteiger partial charge is 0.325 e. The molecule has 1 aromatic rings. The molecule has 128 valence electrons. The molecule has 6 nitrogen and oxygen atoms in total. The molecule has 1 saturated carbocycles. The van der Waals surface area contributed by atoms with Gasteiger partial charge in [-0.05, 0) is 37.5 Å². The van der Waals surface area contributed by atoms with Crippen molar-refractivity contribution in [3.63, 3.8) is 0 Å². The van der Waals surface area contributed by atoms with Crippen LogP contribution in [0.5, 0.6) is 0 Å². The summed E-state index contributed by atoms with van der Waals surface area (Å²) in [7, 11) is 0. The number of urea groups is 1. The Morgan fingerprint density at radius 3 is 2.75 bits per heavy atom. The van der Waals surface area contributed by atoms with Crippen LogP contribution in [0.2, 0.25) is 5.02 Å². The molecule has 0 radical (unpaired) electrons. The Hall–Kier alpha value is -2.08. The van der Waals surface area contributed by atoms with Gasteiger partial charge in [-0.15, -0.1) is 0 Å². The molecule has 0 bridgehead atoms. The van der Waals surface area contributed by atoms with Crippen molar-refractivity contribution in [3.8, 4) is 0 Å². The summed E-state index contributed by atoms with van der Waals surface area (Å²) in [6, 6.07) is 6.45. The first-order valence-electron chi connectivity index (χ1n) is 8.10. The monoisotopic (exact) mass is 349 g/mol. The SMILES string of the molecule is C[C@@H](NC(=O)CN1C(=O)NC2(CCCC2)C1=O)c1cccc(Cl)c1. The second-order valence-corrected chi connectivity index (χ2v) is 6.89. The minimum Gasteiger partial charge on any atom is -0.348 e. The predicted octanol–water partition coefficient (Wildman–Crippen LogP) is 2.38. The molecule has 1 aliphatic heterocycles. The third-order valence-corrected chi connectivity index (χ3v) is 4.97. The van der Waals surface area contributed by atoms with Gasteiger partial charge in [-0.3, -0.25) is 14.5 Å². The molecule has 1 heterocycles. The van der Waals surface area contributed by atoms with Crippen LogP contribution in [0, 0.1) is 0 Å². The van der Waals surface area contributed by atoms with E-state index in [0.29, 0.717) is 17.9 Å². The number of carbonyl (C=O) groups excluding carboxylic acids is 3. The zero-order valence-corrected chi connectivity index (χ0v) is 14.2. The van der Waals surface area contributed by atoms with Crippen LogP contribution < -0.4 is 10.6 Å². The van der Waals surface area contributed by atoms with E-state index >= 15 is 0 Å². The third kappa shape index (κ3) is 3.11. The Bertz CT molecular complexity index is 685. The molecular weight excluding hydrogens is 330 g/mol. The lowest BCUT2D eigenvalue weighted by Gasteiger charge is -2.20. The van der Waals surface area contributed by atoms with Gasteiger partial charge in [0.2, 0.25) is 5.91 Å². The molecule has 7 heteroatoms. The molecule has 1 aliphatic carbocycles. The summed E-state index contributed by atoms with van der Waals surface area (Å²) in [5.41, 5.74) is 0.0796. The predicted molar refractivity (Wildman–Crippen MR) is 89.5 cm³/mol. The van der Waals surface area contributed by atoms with Gasteiger partial charge >= 0.3 is 6.03 Å². The molecule has 1 saturated heterocycles. The van der Waals surface area contributed by atoms with E-state index in [0.717, 1.165) is 23.3 Å². The molecule has 1 atom stereocenters. The van der Waals surface area contributed by atoms with Crippen molar-refractivity contribution in [3.05, 3.63) is 34.9 Å². The van der Waals surface area contributed by atoms with E-state index in [9.17, 15) is 14.4 Å². The van der Waals surface area contributed by atoms with Crippen molar-refractivity contribution in [1.29, 1.82) is 0 Å². The largest absolute Gasteiger partial charge is 0.348 e. The van der Waals surface area contributed by atoms with Crippen LogP contribution in [0.1, 0.15) is 44.2 Å². The molecule has 0 aromatic heterocycles. The van der Waals surface area contributed by atoms with E-state index in [1.807, 2.05) is 19.1 Å². The Balaban J connectivity index is 1.62. The maximum Gasteiger partial charge on any atom is 0.325 e. The molecule has 24 heavy (non-hydrogen) atoms. The number of imide groups is 1. The first-order valence-corrected chi connectivity index (χ1v) is 8.48. The Morgan fingerprint density at radius 2 is 2.08 bits per heavy atom. The molecule has 2 fully saturated rings. The van der Waals surface area contributed by atoms with Crippen LogP contribution in [-0.4, -0.2) is 34.8 Å². The van der Waals surface area contributed by atoms with Gasteiger partial charge in [-0.2, -0.15) is 0 Å². The van der Waals surface area contributed by atoms with Gasteiger partial charge < -0.3 is 10.6 Å². The zero-order chi connectivity index (χ0) is 17.3. The average Bonchev–Trinajstić information content (AvgIpc) is 3.09. The molecule has 1 aromatic carbocycles. The van der Waals surface area contributed by atoms with Gasteiger partial charge in [0.25, 0.3) is 5.91 Å². The minimum absolute atomic E-state index is 0.266. The Kier molecular flexibility index (Phi) is 4.49. The third-order valence-electron chi connectivity index (χ3n) is 4.73. The zero-order valence-electron chi connectivity index (χ0n) is 13.5. The van der Waals surface area contributed by atoms with Gasteiger partial charge in [-0.25, -0.2) is 4.79 Å². The summed E-state index contributed by atoms with van der Waals surface area (Å²) in [5, 5.41) is 6.15. The van der Waals surface area contributed by atoms with E-state index in [2.05, 4.69) is 10.6 Å². The summed E-state index contributed by atoms with van der Waals surface area (Å²) in [5.74, 6) is -0.656.